The lowest BCUT2D eigenvalue weighted by Gasteiger charge is -2.13. The average Bonchev–Trinajstić information content (AvgIpc) is 2.38. The lowest BCUT2D eigenvalue weighted by Crippen LogP contribution is -2.11. The predicted molar refractivity (Wildman–Crippen MR) is 76.7 cm³/mol. The zero-order valence-electron chi connectivity index (χ0n) is 10.5. The molecule has 0 spiro atoms. The minimum atomic E-state index is -0.299. The van der Waals surface area contributed by atoms with E-state index in [1.807, 2.05) is 13.8 Å². The molecule has 100 valence electrons. The number of nitrogens with two attached hydrogens (primary N) is 1. The van der Waals surface area contributed by atoms with Gasteiger partial charge in [-0.25, -0.2) is 20.2 Å². The summed E-state index contributed by atoms with van der Waals surface area (Å²) in [7, 11) is 0. The second-order valence-electron chi connectivity index (χ2n) is 4.05. The van der Waals surface area contributed by atoms with Crippen molar-refractivity contribution in [1.82, 2.24) is 9.97 Å². The van der Waals surface area contributed by atoms with Gasteiger partial charge in [0.2, 0.25) is 0 Å². The van der Waals surface area contributed by atoms with Crippen molar-refractivity contribution in [1.29, 1.82) is 0 Å². The van der Waals surface area contributed by atoms with Gasteiger partial charge in [-0.05, 0) is 47.5 Å². The highest BCUT2D eigenvalue weighted by Gasteiger charge is 2.09. The van der Waals surface area contributed by atoms with Gasteiger partial charge >= 0.3 is 0 Å². The Kier molecular flexibility index (Phi) is 3.96. The van der Waals surface area contributed by atoms with Gasteiger partial charge in [-0.3, -0.25) is 0 Å². The van der Waals surface area contributed by atoms with Crippen LogP contribution in [0.15, 0.2) is 22.9 Å². The van der Waals surface area contributed by atoms with E-state index in [0.29, 0.717) is 16.1 Å². The van der Waals surface area contributed by atoms with Crippen LogP contribution in [0.1, 0.15) is 11.1 Å². The van der Waals surface area contributed by atoms with E-state index >= 15 is 0 Å². The number of nitrogens with one attached hydrogen (secondary N) is 2. The summed E-state index contributed by atoms with van der Waals surface area (Å²) >= 11 is 3.16. The lowest BCUT2D eigenvalue weighted by atomic mass is 10.2. The van der Waals surface area contributed by atoms with E-state index in [0.717, 1.165) is 16.8 Å². The van der Waals surface area contributed by atoms with Crippen LogP contribution in [0.3, 0.4) is 0 Å². The summed E-state index contributed by atoms with van der Waals surface area (Å²) in [6.07, 6.45) is 1.40. The van der Waals surface area contributed by atoms with Crippen molar-refractivity contribution >= 4 is 33.3 Å². The van der Waals surface area contributed by atoms with Gasteiger partial charge in [0.05, 0.1) is 4.47 Å². The molecule has 0 unspecified atom stereocenters. The lowest BCUT2D eigenvalue weighted by molar-refractivity contribution is 0.620. The molecule has 1 heterocycles. The zero-order chi connectivity index (χ0) is 14.0. The van der Waals surface area contributed by atoms with E-state index in [2.05, 4.69) is 36.6 Å². The van der Waals surface area contributed by atoms with Crippen molar-refractivity contribution in [3.8, 4) is 0 Å². The molecule has 4 N–H and O–H groups in total. The summed E-state index contributed by atoms with van der Waals surface area (Å²) in [6, 6.07) is 3.12. The fraction of sp³-hybridized carbons (Fsp3) is 0.167. The number of nitrogen functional groups attached to an aromatic ring is 1. The Morgan fingerprint density at radius 2 is 1.89 bits per heavy atom. The van der Waals surface area contributed by atoms with Gasteiger partial charge in [-0.15, -0.1) is 0 Å². The highest BCUT2D eigenvalue weighted by molar-refractivity contribution is 9.10. The molecule has 1 aromatic heterocycles. The summed E-state index contributed by atoms with van der Waals surface area (Å²) in [5.41, 5.74) is 4.82. The van der Waals surface area contributed by atoms with Gasteiger partial charge in [0.15, 0.2) is 0 Å². The third-order valence-corrected chi connectivity index (χ3v) is 3.35. The van der Waals surface area contributed by atoms with Crippen LogP contribution in [-0.4, -0.2) is 9.97 Å². The van der Waals surface area contributed by atoms with Crippen LogP contribution in [0, 0.1) is 19.7 Å². The van der Waals surface area contributed by atoms with Gasteiger partial charge in [-0.1, -0.05) is 0 Å². The summed E-state index contributed by atoms with van der Waals surface area (Å²) in [4.78, 5) is 8.15. The smallest absolute Gasteiger partial charge is 0.148 e. The Balaban J connectivity index is 2.39. The van der Waals surface area contributed by atoms with Crippen molar-refractivity contribution in [3.05, 3.63) is 39.9 Å². The Labute approximate surface area is 118 Å². The minimum Gasteiger partial charge on any atom is -0.340 e. The van der Waals surface area contributed by atoms with Gasteiger partial charge in [-0.2, -0.15) is 0 Å². The van der Waals surface area contributed by atoms with E-state index in [1.165, 1.54) is 12.4 Å². The zero-order valence-corrected chi connectivity index (χ0v) is 12.0. The van der Waals surface area contributed by atoms with E-state index in [1.54, 1.807) is 6.07 Å². The fourth-order valence-corrected chi connectivity index (χ4v) is 1.97. The molecule has 1 aromatic carbocycles. The molecule has 0 saturated carbocycles. The number of anilines is 3. The molecule has 0 atom stereocenters. The average molecular weight is 326 g/mol. The molecule has 19 heavy (non-hydrogen) atoms. The molecule has 2 aromatic rings. The van der Waals surface area contributed by atoms with Crippen LogP contribution in [0.2, 0.25) is 0 Å². The standard InChI is InChI=1S/C12H13BrFN5/c1-6-3-9(14)8(13)4-10(6)18-11-7(2)12(19-15)17-5-16-11/h3-5H,15H2,1-2H3,(H2,16,17,18,19). The first kappa shape index (κ1) is 13.7. The van der Waals surface area contributed by atoms with Crippen molar-refractivity contribution in [2.75, 3.05) is 10.7 Å². The first-order valence-corrected chi connectivity index (χ1v) is 6.33. The monoisotopic (exact) mass is 325 g/mol. The number of hydrogen-bond acceptors (Lipinski definition) is 5. The first-order valence-electron chi connectivity index (χ1n) is 5.53. The molecular weight excluding hydrogens is 313 g/mol. The molecule has 0 bridgehead atoms. The highest BCUT2D eigenvalue weighted by atomic mass is 79.9. The molecule has 0 aliphatic heterocycles. The number of benzene rings is 1. The molecule has 0 saturated heterocycles. The van der Waals surface area contributed by atoms with Crippen molar-refractivity contribution < 1.29 is 4.39 Å². The largest absolute Gasteiger partial charge is 0.340 e. The number of aromatic nitrogens is 2. The Morgan fingerprint density at radius 1 is 1.21 bits per heavy atom. The fourth-order valence-electron chi connectivity index (χ4n) is 1.63. The van der Waals surface area contributed by atoms with Gasteiger partial charge < -0.3 is 10.7 Å². The van der Waals surface area contributed by atoms with Crippen LogP contribution >= 0.6 is 15.9 Å². The third-order valence-electron chi connectivity index (χ3n) is 2.74. The second kappa shape index (κ2) is 5.50. The van der Waals surface area contributed by atoms with E-state index < -0.39 is 0 Å². The minimum absolute atomic E-state index is 0.299. The molecule has 5 nitrogen and oxygen atoms in total. The highest BCUT2D eigenvalue weighted by Crippen LogP contribution is 2.28. The SMILES string of the molecule is Cc1cc(F)c(Br)cc1Nc1ncnc(NN)c1C. The quantitative estimate of drug-likeness (QED) is 0.597. The molecule has 2 rings (SSSR count). The van der Waals surface area contributed by atoms with Gasteiger partial charge in [0.25, 0.3) is 0 Å². The van der Waals surface area contributed by atoms with Crippen LogP contribution in [-0.2, 0) is 0 Å². The third kappa shape index (κ3) is 2.82. The Hall–Kier alpha value is -1.73. The topological polar surface area (TPSA) is 75.9 Å². The number of halogens is 2. The van der Waals surface area contributed by atoms with Crippen LogP contribution in [0.5, 0.6) is 0 Å². The Bertz CT molecular complexity index is 617. The molecule has 0 aliphatic rings. The van der Waals surface area contributed by atoms with Crippen molar-refractivity contribution in [2.45, 2.75) is 13.8 Å². The predicted octanol–water partition coefficient (Wildman–Crippen LogP) is 3.02. The number of hydrazine groups is 1. The summed E-state index contributed by atoms with van der Waals surface area (Å²) in [5, 5.41) is 3.14. The van der Waals surface area contributed by atoms with Gasteiger partial charge in [0, 0.05) is 11.3 Å². The number of nitrogens with zero attached hydrogens (tertiary/aromatic N) is 2. The number of aryl methyl sites for hydroxylation is 1. The molecule has 7 heteroatoms. The molecular formula is C12H13BrFN5. The summed E-state index contributed by atoms with van der Waals surface area (Å²) < 4.78 is 13.8. The first-order chi connectivity index (χ1) is 9.02. The maximum Gasteiger partial charge on any atom is 0.148 e. The second-order valence-corrected chi connectivity index (χ2v) is 4.90. The molecule has 0 amide bonds. The number of hydrogen-bond donors (Lipinski definition) is 3. The van der Waals surface area contributed by atoms with Crippen molar-refractivity contribution in [2.24, 2.45) is 5.84 Å². The van der Waals surface area contributed by atoms with Gasteiger partial charge in [0.1, 0.15) is 23.8 Å². The summed E-state index contributed by atoms with van der Waals surface area (Å²) in [6.45, 7) is 3.65. The Morgan fingerprint density at radius 3 is 2.58 bits per heavy atom. The van der Waals surface area contributed by atoms with E-state index in [9.17, 15) is 4.39 Å². The molecule has 0 aliphatic carbocycles. The molecule has 0 radical (unpaired) electrons. The summed E-state index contributed by atoms with van der Waals surface area (Å²) in [5.74, 6) is 6.22. The number of rotatable bonds is 3. The van der Waals surface area contributed by atoms with Crippen LogP contribution in [0.4, 0.5) is 21.7 Å². The normalized spacial score (nSPS) is 10.4. The van der Waals surface area contributed by atoms with E-state index in [-0.39, 0.29) is 5.82 Å². The van der Waals surface area contributed by atoms with E-state index in [4.69, 9.17) is 5.84 Å². The van der Waals surface area contributed by atoms with Crippen molar-refractivity contribution in [3.63, 3.8) is 0 Å². The maximum absolute atomic E-state index is 13.4. The maximum atomic E-state index is 13.4. The van der Waals surface area contributed by atoms with Crippen LogP contribution in [0.25, 0.3) is 0 Å². The molecule has 0 fully saturated rings. The van der Waals surface area contributed by atoms with Crippen LogP contribution < -0.4 is 16.6 Å².